The summed E-state index contributed by atoms with van der Waals surface area (Å²) in [5, 5.41) is 11.9. The number of rotatable bonds is 9. The first-order valence-electron chi connectivity index (χ1n) is 9.25. The third-order valence-electron chi connectivity index (χ3n) is 4.36. The molecule has 5 nitrogen and oxygen atoms in total. The fourth-order valence-electron chi connectivity index (χ4n) is 2.93. The molecule has 0 aliphatic heterocycles. The Hall–Kier alpha value is -3.17. The van der Waals surface area contributed by atoms with Gasteiger partial charge in [0.15, 0.2) is 0 Å². The van der Waals surface area contributed by atoms with Crippen LogP contribution >= 0.6 is 0 Å². The van der Waals surface area contributed by atoms with E-state index in [1.807, 2.05) is 37.3 Å². The molecule has 3 rings (SSSR count). The molecule has 1 aromatic heterocycles. The van der Waals surface area contributed by atoms with Crippen LogP contribution in [0.15, 0.2) is 54.9 Å². The minimum atomic E-state index is -0.270. The van der Waals surface area contributed by atoms with Crippen molar-refractivity contribution in [3.63, 3.8) is 0 Å². The molecule has 0 fully saturated rings. The van der Waals surface area contributed by atoms with Crippen molar-refractivity contribution in [1.29, 1.82) is 5.26 Å². The van der Waals surface area contributed by atoms with Gasteiger partial charge in [-0.2, -0.15) is 5.26 Å². The van der Waals surface area contributed by atoms with Crippen LogP contribution in [0.3, 0.4) is 0 Å². The third kappa shape index (κ3) is 5.18. The van der Waals surface area contributed by atoms with Crippen LogP contribution in [0.5, 0.6) is 5.75 Å². The molecule has 0 unspecified atom stereocenters. The Morgan fingerprint density at radius 1 is 1.18 bits per heavy atom. The van der Waals surface area contributed by atoms with E-state index in [4.69, 9.17) is 10.00 Å². The van der Waals surface area contributed by atoms with E-state index in [2.05, 4.69) is 16.4 Å². The second-order valence-corrected chi connectivity index (χ2v) is 6.49. The first-order valence-corrected chi connectivity index (χ1v) is 9.25. The molecule has 0 radical (unpaired) electrons. The molecule has 144 valence electrons. The highest BCUT2D eigenvalue weighted by Gasteiger charge is 2.08. The summed E-state index contributed by atoms with van der Waals surface area (Å²) < 4.78 is 21.8. The zero-order valence-corrected chi connectivity index (χ0v) is 15.9. The molecule has 0 aliphatic carbocycles. The molecule has 0 amide bonds. The van der Waals surface area contributed by atoms with Gasteiger partial charge in [0.25, 0.3) is 0 Å². The van der Waals surface area contributed by atoms with Gasteiger partial charge in [-0.1, -0.05) is 18.2 Å². The molecule has 0 saturated carbocycles. The number of hydrogen-bond donors (Lipinski definition) is 1. The Balaban J connectivity index is 1.53. The predicted molar refractivity (Wildman–Crippen MR) is 106 cm³/mol. The SMILES string of the molecule is Cc1nccn1-c1ccc(CNCc2cccc(OCCCC#N)c2)cc1F. The van der Waals surface area contributed by atoms with Gasteiger partial charge in [-0.25, -0.2) is 9.37 Å². The van der Waals surface area contributed by atoms with Gasteiger partial charge in [0.1, 0.15) is 17.4 Å². The molecule has 3 aromatic rings. The number of aromatic nitrogens is 2. The normalized spacial score (nSPS) is 10.6. The Bertz CT molecular complexity index is 961. The molecule has 0 bridgehead atoms. The molecule has 0 spiro atoms. The molecular weight excluding hydrogens is 355 g/mol. The maximum atomic E-state index is 14.5. The molecule has 0 atom stereocenters. The fraction of sp³-hybridized carbons (Fsp3) is 0.273. The second-order valence-electron chi connectivity index (χ2n) is 6.49. The van der Waals surface area contributed by atoms with E-state index in [1.165, 1.54) is 0 Å². The smallest absolute Gasteiger partial charge is 0.147 e. The quantitative estimate of drug-likeness (QED) is 0.564. The van der Waals surface area contributed by atoms with Crippen molar-refractivity contribution in [3.05, 3.63) is 77.6 Å². The number of nitrogens with one attached hydrogen (secondary N) is 1. The number of unbranched alkanes of at least 4 members (excludes halogenated alkanes) is 1. The van der Waals surface area contributed by atoms with Gasteiger partial charge in [-0.3, -0.25) is 0 Å². The molecule has 6 heteroatoms. The minimum Gasteiger partial charge on any atom is -0.494 e. The molecule has 1 heterocycles. The Labute approximate surface area is 164 Å². The van der Waals surface area contributed by atoms with E-state index in [1.54, 1.807) is 29.1 Å². The highest BCUT2D eigenvalue weighted by atomic mass is 19.1. The van der Waals surface area contributed by atoms with Gasteiger partial charge in [-0.05, 0) is 48.7 Å². The predicted octanol–water partition coefficient (Wildman–Crippen LogP) is 4.29. The van der Waals surface area contributed by atoms with Gasteiger partial charge < -0.3 is 14.6 Å². The van der Waals surface area contributed by atoms with Crippen molar-refractivity contribution in [2.24, 2.45) is 0 Å². The van der Waals surface area contributed by atoms with Crippen molar-refractivity contribution in [3.8, 4) is 17.5 Å². The van der Waals surface area contributed by atoms with Crippen LogP contribution in [0.4, 0.5) is 4.39 Å². The number of halogens is 1. The van der Waals surface area contributed by atoms with Crippen LogP contribution in [0.25, 0.3) is 5.69 Å². The summed E-state index contributed by atoms with van der Waals surface area (Å²) in [5.74, 6) is 1.27. The first-order chi connectivity index (χ1) is 13.7. The molecule has 2 aromatic carbocycles. The Morgan fingerprint density at radius 2 is 2.00 bits per heavy atom. The highest BCUT2D eigenvalue weighted by molar-refractivity contribution is 5.37. The van der Waals surface area contributed by atoms with E-state index in [0.717, 1.165) is 29.1 Å². The lowest BCUT2D eigenvalue weighted by Crippen LogP contribution is -2.13. The summed E-state index contributed by atoms with van der Waals surface area (Å²) >= 11 is 0. The average Bonchev–Trinajstić information content (AvgIpc) is 3.11. The lowest BCUT2D eigenvalue weighted by molar-refractivity contribution is 0.312. The maximum absolute atomic E-state index is 14.5. The number of benzene rings is 2. The average molecular weight is 378 g/mol. The minimum absolute atomic E-state index is 0.270. The number of nitrogens with zero attached hydrogens (tertiary/aromatic N) is 3. The highest BCUT2D eigenvalue weighted by Crippen LogP contribution is 2.17. The largest absolute Gasteiger partial charge is 0.494 e. The lowest BCUT2D eigenvalue weighted by Gasteiger charge is -2.10. The van der Waals surface area contributed by atoms with E-state index < -0.39 is 0 Å². The summed E-state index contributed by atoms with van der Waals surface area (Å²) in [5.41, 5.74) is 2.46. The summed E-state index contributed by atoms with van der Waals surface area (Å²) in [6.07, 6.45) is 4.63. The maximum Gasteiger partial charge on any atom is 0.147 e. The summed E-state index contributed by atoms with van der Waals surface area (Å²) in [7, 11) is 0. The zero-order valence-electron chi connectivity index (χ0n) is 15.9. The van der Waals surface area contributed by atoms with Crippen LogP contribution in [0.1, 0.15) is 29.8 Å². The zero-order chi connectivity index (χ0) is 19.8. The monoisotopic (exact) mass is 378 g/mol. The molecular formula is C22H23FN4O. The molecule has 1 N–H and O–H groups in total. The summed E-state index contributed by atoms with van der Waals surface area (Å²) in [6, 6.07) is 15.2. The Kier molecular flexibility index (Phi) is 6.77. The number of hydrogen-bond acceptors (Lipinski definition) is 4. The Morgan fingerprint density at radius 3 is 2.71 bits per heavy atom. The second kappa shape index (κ2) is 9.67. The van der Waals surface area contributed by atoms with Crippen LogP contribution in [0, 0.1) is 24.1 Å². The van der Waals surface area contributed by atoms with E-state index in [9.17, 15) is 4.39 Å². The van der Waals surface area contributed by atoms with Crippen LogP contribution in [-0.4, -0.2) is 16.2 Å². The fourth-order valence-corrected chi connectivity index (χ4v) is 2.93. The van der Waals surface area contributed by atoms with Crippen LogP contribution in [-0.2, 0) is 13.1 Å². The number of ether oxygens (including phenoxy) is 1. The van der Waals surface area contributed by atoms with E-state index in [-0.39, 0.29) is 5.82 Å². The van der Waals surface area contributed by atoms with Crippen molar-refractivity contribution < 1.29 is 9.13 Å². The lowest BCUT2D eigenvalue weighted by atomic mass is 10.1. The van der Waals surface area contributed by atoms with Crippen molar-refractivity contribution in [2.45, 2.75) is 32.9 Å². The van der Waals surface area contributed by atoms with Crippen molar-refractivity contribution >= 4 is 0 Å². The van der Waals surface area contributed by atoms with Crippen LogP contribution in [0.2, 0.25) is 0 Å². The van der Waals surface area contributed by atoms with Crippen molar-refractivity contribution in [1.82, 2.24) is 14.9 Å². The standard InChI is InChI=1S/C22H23FN4O/c1-17-26-10-11-27(17)22-8-7-19(14-21(22)23)16-25-15-18-5-4-6-20(13-18)28-12-3-2-9-24/h4-8,10-11,13-14,25H,2-3,12,15-16H2,1H3. The van der Waals surface area contributed by atoms with E-state index >= 15 is 0 Å². The van der Waals surface area contributed by atoms with Gasteiger partial charge >= 0.3 is 0 Å². The van der Waals surface area contributed by atoms with Gasteiger partial charge in [0, 0.05) is 31.9 Å². The molecule has 28 heavy (non-hydrogen) atoms. The van der Waals surface area contributed by atoms with Crippen molar-refractivity contribution in [2.75, 3.05) is 6.61 Å². The van der Waals surface area contributed by atoms with Crippen LogP contribution < -0.4 is 10.1 Å². The van der Waals surface area contributed by atoms with E-state index in [0.29, 0.717) is 31.8 Å². The van der Waals surface area contributed by atoms with Gasteiger partial charge in [0.2, 0.25) is 0 Å². The first kappa shape index (κ1) is 19.6. The molecule has 0 saturated heterocycles. The summed E-state index contributed by atoms with van der Waals surface area (Å²) in [6.45, 7) is 3.59. The van der Waals surface area contributed by atoms with Gasteiger partial charge in [0.05, 0.1) is 18.4 Å². The topological polar surface area (TPSA) is 62.9 Å². The third-order valence-corrected chi connectivity index (χ3v) is 4.36. The summed E-state index contributed by atoms with van der Waals surface area (Å²) in [4.78, 5) is 4.13. The number of imidazole rings is 1. The molecule has 0 aliphatic rings. The number of aryl methyl sites for hydroxylation is 1. The number of nitriles is 1. The van der Waals surface area contributed by atoms with Gasteiger partial charge in [-0.15, -0.1) is 0 Å².